The maximum absolute atomic E-state index is 12.3. The first kappa shape index (κ1) is 16.0. The Morgan fingerprint density at radius 2 is 2.05 bits per heavy atom. The number of nitrogens with zero attached hydrogens (tertiary/aromatic N) is 3. The smallest absolute Gasteiger partial charge is 0.226 e. The average molecular weight is 316 g/mol. The molecule has 0 spiro atoms. The maximum Gasteiger partial charge on any atom is 0.226 e. The lowest BCUT2D eigenvalue weighted by molar-refractivity contribution is -0.135. The van der Waals surface area contributed by atoms with Crippen molar-refractivity contribution in [1.82, 2.24) is 9.80 Å². The van der Waals surface area contributed by atoms with Crippen LogP contribution in [-0.2, 0) is 4.79 Å². The molecule has 1 amide bonds. The van der Waals surface area contributed by atoms with Gasteiger partial charge in [-0.3, -0.25) is 9.79 Å². The van der Waals surface area contributed by atoms with Crippen molar-refractivity contribution in [2.45, 2.75) is 25.5 Å². The minimum atomic E-state index is 0.133. The van der Waals surface area contributed by atoms with Crippen LogP contribution in [0.25, 0.3) is 0 Å². The molecule has 1 atom stereocenters. The van der Waals surface area contributed by atoms with Crippen LogP contribution in [0.2, 0.25) is 0 Å². The number of hydrogen-bond donors (Lipinski definition) is 0. The van der Waals surface area contributed by atoms with Crippen LogP contribution in [0, 0.1) is 5.92 Å². The van der Waals surface area contributed by atoms with Crippen molar-refractivity contribution in [3.63, 3.8) is 0 Å². The summed E-state index contributed by atoms with van der Waals surface area (Å²) in [6.45, 7) is 10.9. The van der Waals surface area contributed by atoms with E-state index < -0.39 is 0 Å². The standard InChI is InChI=1S/C14H25N3OS2/c1-11(9-19-4)12(18)16-5-7-17(8-6-16)13-15-10-14(2,3)20-13/h11H,5-10H2,1-4H3/t11-/m0/s1. The monoisotopic (exact) mass is 315 g/mol. The Labute approximate surface area is 130 Å². The van der Waals surface area contributed by atoms with Crippen LogP contribution >= 0.6 is 23.5 Å². The van der Waals surface area contributed by atoms with E-state index in [2.05, 4.69) is 30.0 Å². The van der Waals surface area contributed by atoms with E-state index in [0.717, 1.165) is 38.5 Å². The summed E-state index contributed by atoms with van der Waals surface area (Å²) in [6, 6.07) is 0. The summed E-state index contributed by atoms with van der Waals surface area (Å²) >= 11 is 3.61. The lowest BCUT2D eigenvalue weighted by Gasteiger charge is -2.37. The van der Waals surface area contributed by atoms with Crippen LogP contribution in [0.4, 0.5) is 0 Å². The van der Waals surface area contributed by atoms with Crippen LogP contribution in [0.1, 0.15) is 20.8 Å². The molecule has 0 aromatic heterocycles. The first-order valence-corrected chi connectivity index (χ1v) is 9.40. The Bertz CT molecular complexity index is 390. The zero-order valence-corrected chi connectivity index (χ0v) is 14.5. The highest BCUT2D eigenvalue weighted by molar-refractivity contribution is 8.15. The molecular formula is C14H25N3OS2. The highest BCUT2D eigenvalue weighted by atomic mass is 32.2. The molecule has 2 aliphatic heterocycles. The molecule has 4 nitrogen and oxygen atoms in total. The van der Waals surface area contributed by atoms with Gasteiger partial charge in [0.1, 0.15) is 0 Å². The van der Waals surface area contributed by atoms with Crippen LogP contribution in [0.3, 0.4) is 0 Å². The highest BCUT2D eigenvalue weighted by Gasteiger charge is 2.32. The second-order valence-corrected chi connectivity index (χ2v) is 8.71. The summed E-state index contributed by atoms with van der Waals surface area (Å²) in [5, 5.41) is 1.17. The molecule has 20 heavy (non-hydrogen) atoms. The van der Waals surface area contributed by atoms with E-state index in [9.17, 15) is 4.79 Å². The molecular weight excluding hydrogens is 290 g/mol. The molecule has 1 fully saturated rings. The Hall–Kier alpha value is -0.360. The third-order valence-electron chi connectivity index (χ3n) is 3.66. The van der Waals surface area contributed by atoms with E-state index in [1.54, 1.807) is 11.8 Å². The first-order valence-electron chi connectivity index (χ1n) is 7.19. The number of carbonyl (C=O) groups is 1. The van der Waals surface area contributed by atoms with Crippen LogP contribution < -0.4 is 0 Å². The maximum atomic E-state index is 12.3. The Morgan fingerprint density at radius 1 is 1.40 bits per heavy atom. The van der Waals surface area contributed by atoms with Gasteiger partial charge in [-0.05, 0) is 20.1 Å². The number of amidine groups is 1. The van der Waals surface area contributed by atoms with E-state index in [4.69, 9.17) is 0 Å². The summed E-state index contributed by atoms with van der Waals surface area (Å²) in [7, 11) is 0. The Balaban J connectivity index is 1.82. The molecule has 0 saturated carbocycles. The summed E-state index contributed by atoms with van der Waals surface area (Å²) in [6.07, 6.45) is 2.05. The number of piperazine rings is 1. The molecule has 6 heteroatoms. The molecule has 0 aromatic carbocycles. The lowest BCUT2D eigenvalue weighted by atomic mass is 10.1. The summed E-state index contributed by atoms with van der Waals surface area (Å²) < 4.78 is 0.231. The molecule has 2 rings (SSSR count). The van der Waals surface area contributed by atoms with Crippen molar-refractivity contribution in [1.29, 1.82) is 0 Å². The van der Waals surface area contributed by atoms with Crippen molar-refractivity contribution in [3.05, 3.63) is 0 Å². The molecule has 0 bridgehead atoms. The topological polar surface area (TPSA) is 35.9 Å². The minimum Gasteiger partial charge on any atom is -0.348 e. The average Bonchev–Trinajstić information content (AvgIpc) is 2.79. The Kier molecular flexibility index (Phi) is 5.29. The molecule has 0 N–H and O–H groups in total. The molecule has 0 aromatic rings. The van der Waals surface area contributed by atoms with Crippen LogP contribution in [-0.4, -0.2) is 70.4 Å². The van der Waals surface area contributed by atoms with Crippen molar-refractivity contribution in [3.8, 4) is 0 Å². The van der Waals surface area contributed by atoms with Gasteiger partial charge in [0, 0.05) is 42.6 Å². The van der Waals surface area contributed by atoms with Crippen molar-refractivity contribution >= 4 is 34.6 Å². The molecule has 114 valence electrons. The number of thioether (sulfide) groups is 2. The summed E-state index contributed by atoms with van der Waals surface area (Å²) in [4.78, 5) is 21.3. The van der Waals surface area contributed by atoms with E-state index in [-0.39, 0.29) is 10.7 Å². The SMILES string of the molecule is CSC[C@H](C)C(=O)N1CCN(C2=NCC(C)(C)S2)CC1. The quantitative estimate of drug-likeness (QED) is 0.798. The van der Waals surface area contributed by atoms with Gasteiger partial charge in [-0.2, -0.15) is 11.8 Å². The second kappa shape index (κ2) is 6.60. The predicted octanol–water partition coefficient (Wildman–Crippen LogP) is 2.01. The molecule has 1 saturated heterocycles. The van der Waals surface area contributed by atoms with E-state index in [1.807, 2.05) is 23.6 Å². The second-order valence-electron chi connectivity index (χ2n) is 6.13. The van der Waals surface area contributed by atoms with Crippen LogP contribution in [0.15, 0.2) is 4.99 Å². The van der Waals surface area contributed by atoms with Gasteiger partial charge in [-0.15, -0.1) is 0 Å². The van der Waals surface area contributed by atoms with Crippen LogP contribution in [0.5, 0.6) is 0 Å². The van der Waals surface area contributed by atoms with Gasteiger partial charge in [-0.1, -0.05) is 18.7 Å². The van der Waals surface area contributed by atoms with E-state index in [1.165, 1.54) is 5.17 Å². The van der Waals surface area contributed by atoms with Crippen molar-refractivity contribution in [2.75, 3.05) is 44.7 Å². The van der Waals surface area contributed by atoms with Gasteiger partial charge in [-0.25, -0.2) is 0 Å². The predicted molar refractivity (Wildman–Crippen MR) is 89.7 cm³/mol. The minimum absolute atomic E-state index is 0.133. The van der Waals surface area contributed by atoms with Gasteiger partial charge in [0.25, 0.3) is 0 Å². The van der Waals surface area contributed by atoms with Gasteiger partial charge in [0.05, 0.1) is 6.54 Å². The number of hydrogen-bond acceptors (Lipinski definition) is 5. The fraction of sp³-hybridized carbons (Fsp3) is 0.857. The Morgan fingerprint density at radius 3 is 2.55 bits per heavy atom. The zero-order chi connectivity index (χ0) is 14.8. The molecule has 2 heterocycles. The normalized spacial score (nSPS) is 23.7. The molecule has 0 unspecified atom stereocenters. The van der Waals surface area contributed by atoms with Gasteiger partial charge < -0.3 is 9.80 Å². The van der Waals surface area contributed by atoms with Crippen molar-refractivity contribution < 1.29 is 4.79 Å². The highest BCUT2D eigenvalue weighted by Crippen LogP contribution is 2.33. The third-order valence-corrected chi connectivity index (χ3v) is 5.75. The van der Waals surface area contributed by atoms with Gasteiger partial charge >= 0.3 is 0 Å². The van der Waals surface area contributed by atoms with E-state index >= 15 is 0 Å². The fourth-order valence-electron chi connectivity index (χ4n) is 2.49. The molecule has 0 aliphatic carbocycles. The number of amides is 1. The zero-order valence-electron chi connectivity index (χ0n) is 12.9. The number of carbonyl (C=O) groups excluding carboxylic acids is 1. The number of aliphatic imine (C=N–C) groups is 1. The third kappa shape index (κ3) is 3.85. The summed E-state index contributed by atoms with van der Waals surface area (Å²) in [5.41, 5.74) is 0. The lowest BCUT2D eigenvalue weighted by Crippen LogP contribution is -2.51. The fourth-order valence-corrected chi connectivity index (χ4v) is 4.19. The van der Waals surface area contributed by atoms with E-state index in [0.29, 0.717) is 5.91 Å². The largest absolute Gasteiger partial charge is 0.348 e. The molecule has 2 aliphatic rings. The van der Waals surface area contributed by atoms with Gasteiger partial charge in [0.2, 0.25) is 5.91 Å². The number of rotatable bonds is 3. The molecule has 0 radical (unpaired) electrons. The van der Waals surface area contributed by atoms with Crippen molar-refractivity contribution in [2.24, 2.45) is 10.9 Å². The first-order chi connectivity index (χ1) is 9.43. The summed E-state index contributed by atoms with van der Waals surface area (Å²) in [5.74, 6) is 1.35. The van der Waals surface area contributed by atoms with Gasteiger partial charge in [0.15, 0.2) is 5.17 Å².